The summed E-state index contributed by atoms with van der Waals surface area (Å²) >= 11 is 4.27. The molecule has 30 heteroatoms. The number of amides is 9. The highest BCUT2D eigenvalue weighted by Crippen LogP contribution is 2.26. The number of carbonyl (C=O) groups is 10. The molecule has 2 heterocycles. The van der Waals surface area contributed by atoms with Gasteiger partial charge < -0.3 is 91.0 Å². The highest BCUT2D eigenvalue weighted by molar-refractivity contribution is 7.80. The molecule has 2 fully saturated rings. The van der Waals surface area contributed by atoms with Gasteiger partial charge in [-0.1, -0.05) is 74.5 Å². The topological polar surface area (TPSA) is 477 Å². The van der Waals surface area contributed by atoms with Crippen LogP contribution < -0.4 is 65.9 Å². The molecule has 0 spiro atoms. The van der Waals surface area contributed by atoms with Crippen LogP contribution in [0.1, 0.15) is 76.3 Å². The molecule has 2 aromatic rings. The average Bonchev–Trinajstić information content (AvgIpc) is 3.00. The zero-order valence-corrected chi connectivity index (χ0v) is 48.1. The normalized spacial score (nSPS) is 18.1. The summed E-state index contributed by atoms with van der Waals surface area (Å²) < 4.78 is 0. The van der Waals surface area contributed by atoms with Crippen LogP contribution in [-0.4, -0.2) is 202 Å². The SMILES string of the molecule is CC(C)C[C@H](NC(=O)[C@@H](Cc1ccccc1)NC(=O)[C@H](CO)NC(=O)[C@H](Cc1ccccc1)NC(=O)CNC(=O)[C@@H]1C[C@@H](O)CN1C(=O)[C@@H]1CCCN1C(=O)[C@H](CS)NC(=O)[C@H](N)CCCN=C(N)N)C(=O)N[C@@H](CCCN=C(N)N)C(=O)O. The lowest BCUT2D eigenvalue weighted by atomic mass is 10.00. The number of nitrogens with one attached hydrogen (secondary N) is 7. The second kappa shape index (κ2) is 34.5. The van der Waals surface area contributed by atoms with Gasteiger partial charge in [-0.2, -0.15) is 12.6 Å². The molecule has 10 atom stereocenters. The van der Waals surface area contributed by atoms with E-state index in [0.717, 1.165) is 4.90 Å². The maximum absolute atomic E-state index is 14.2. The molecule has 2 aliphatic heterocycles. The smallest absolute Gasteiger partial charge is 0.326 e. The summed E-state index contributed by atoms with van der Waals surface area (Å²) in [6.45, 7) is 2.06. The molecule has 29 nitrogen and oxygen atoms in total. The summed E-state index contributed by atoms with van der Waals surface area (Å²) in [4.78, 5) is 147. The van der Waals surface area contributed by atoms with E-state index in [9.17, 15) is 63.3 Å². The quantitative estimate of drug-likeness (QED) is 0.0138. The van der Waals surface area contributed by atoms with Crippen LogP contribution in [0.25, 0.3) is 0 Å². The van der Waals surface area contributed by atoms with Crippen LogP contribution in [0.4, 0.5) is 0 Å². The van der Waals surface area contributed by atoms with Crippen LogP contribution in [0.2, 0.25) is 0 Å². The van der Waals surface area contributed by atoms with Gasteiger partial charge in [-0.05, 0) is 62.0 Å². The number of hydrogen-bond acceptors (Lipinski definition) is 16. The third kappa shape index (κ3) is 22.2. The van der Waals surface area contributed by atoms with Crippen molar-refractivity contribution in [2.45, 2.75) is 139 Å². The van der Waals surface area contributed by atoms with Crippen molar-refractivity contribution < 1.29 is 63.3 Å². The summed E-state index contributed by atoms with van der Waals surface area (Å²) in [5, 5.41) is 48.8. The number of benzene rings is 2. The maximum atomic E-state index is 14.2. The lowest BCUT2D eigenvalue weighted by Crippen LogP contribution is -2.60. The van der Waals surface area contributed by atoms with Gasteiger partial charge in [-0.15, -0.1) is 0 Å². The Morgan fingerprint density at radius 3 is 1.69 bits per heavy atom. The van der Waals surface area contributed by atoms with E-state index >= 15 is 0 Å². The Labute approximate surface area is 492 Å². The van der Waals surface area contributed by atoms with Crippen LogP contribution in [0.15, 0.2) is 70.6 Å². The number of aliphatic hydroxyl groups is 2. The first-order valence-corrected chi connectivity index (χ1v) is 28.3. The first-order valence-electron chi connectivity index (χ1n) is 27.7. The van der Waals surface area contributed by atoms with E-state index in [0.29, 0.717) is 24.0 Å². The van der Waals surface area contributed by atoms with Gasteiger partial charge in [0.2, 0.25) is 53.2 Å². The number of hydrogen-bond donors (Lipinski definition) is 16. The van der Waals surface area contributed by atoms with Crippen molar-refractivity contribution in [3.8, 4) is 0 Å². The lowest BCUT2D eigenvalue weighted by Gasteiger charge is -2.32. The van der Waals surface area contributed by atoms with E-state index in [1.54, 1.807) is 74.5 Å². The van der Waals surface area contributed by atoms with Crippen LogP contribution in [-0.2, 0) is 60.8 Å². The van der Waals surface area contributed by atoms with Crippen LogP contribution in [0.3, 0.4) is 0 Å². The Hall–Kier alpha value is -8.09. The Morgan fingerprint density at radius 2 is 1.15 bits per heavy atom. The minimum Gasteiger partial charge on any atom is -0.480 e. The number of carbonyl (C=O) groups excluding carboxylic acids is 9. The average molecular weight is 1200 g/mol. The van der Waals surface area contributed by atoms with E-state index in [1.165, 1.54) is 4.90 Å². The van der Waals surface area contributed by atoms with Gasteiger partial charge in [0.1, 0.15) is 48.3 Å². The van der Waals surface area contributed by atoms with Gasteiger partial charge in [-0.25, -0.2) is 4.79 Å². The zero-order chi connectivity index (χ0) is 62.0. The van der Waals surface area contributed by atoms with Crippen LogP contribution >= 0.6 is 12.6 Å². The third-order valence-electron chi connectivity index (χ3n) is 13.8. The van der Waals surface area contributed by atoms with Gasteiger partial charge in [0.25, 0.3) is 0 Å². The zero-order valence-electron chi connectivity index (χ0n) is 47.2. The molecule has 0 unspecified atom stereocenters. The van der Waals surface area contributed by atoms with Crippen LogP contribution in [0, 0.1) is 5.92 Å². The number of thiol groups is 1. The number of nitrogens with two attached hydrogens (primary N) is 5. The van der Waals surface area contributed by atoms with E-state index < -0.39 is 133 Å². The van der Waals surface area contributed by atoms with Gasteiger partial charge in [0, 0.05) is 51.2 Å². The molecule has 0 saturated carbocycles. The Balaban J connectivity index is 1.45. The number of aliphatic hydroxyl groups excluding tert-OH is 2. The van der Waals surface area contributed by atoms with Gasteiger partial charge in [0.15, 0.2) is 11.9 Å². The molecule has 84 heavy (non-hydrogen) atoms. The molecule has 0 bridgehead atoms. The molecule has 9 amide bonds. The summed E-state index contributed by atoms with van der Waals surface area (Å²) in [5.74, 6) is -9.17. The number of guanidine groups is 2. The van der Waals surface area contributed by atoms with Crippen molar-refractivity contribution in [1.82, 2.24) is 47.0 Å². The number of carboxylic acid groups (broad SMARTS) is 1. The summed E-state index contributed by atoms with van der Waals surface area (Å²) in [6.07, 6.45) is -0.192. The molecular weight excluding hydrogens is 1110 g/mol. The molecule has 0 radical (unpaired) electrons. The molecular formula is C54H82N16O13S. The van der Waals surface area contributed by atoms with Gasteiger partial charge in [-0.3, -0.25) is 53.1 Å². The largest absolute Gasteiger partial charge is 0.480 e. The lowest BCUT2D eigenvalue weighted by molar-refractivity contribution is -0.147. The van der Waals surface area contributed by atoms with Crippen molar-refractivity contribution in [2.24, 2.45) is 44.6 Å². The molecule has 2 saturated heterocycles. The maximum Gasteiger partial charge on any atom is 0.326 e. The fourth-order valence-electron chi connectivity index (χ4n) is 9.50. The van der Waals surface area contributed by atoms with Gasteiger partial charge in [0.05, 0.1) is 25.3 Å². The molecule has 20 N–H and O–H groups in total. The van der Waals surface area contributed by atoms with E-state index in [2.05, 4.69) is 59.8 Å². The summed E-state index contributed by atoms with van der Waals surface area (Å²) in [6, 6.07) is 5.20. The van der Waals surface area contributed by atoms with E-state index in [4.69, 9.17) is 28.7 Å². The number of likely N-dealkylation sites (tertiary alicyclic amines) is 2. The first kappa shape index (κ1) is 68.4. The summed E-state index contributed by atoms with van der Waals surface area (Å²) in [5.41, 5.74) is 28.6. The molecule has 0 aromatic heterocycles. The fraction of sp³-hybridized carbons (Fsp3) is 0.556. The predicted molar refractivity (Wildman–Crippen MR) is 312 cm³/mol. The molecule has 2 aromatic carbocycles. The standard InChI is InChI=1S/C54H82N16O13S/c1-30(2)22-36(45(75)64-35(52(82)83)17-10-20-61-54(58)59)65-47(77)38(24-32-14-7-4-8-15-32)66-48(78)39(28-71)67-46(76)37(23-31-12-5-3-6-13-31)63-43(73)26-62-49(79)42-25-33(72)27-70(42)51(81)41-18-11-21-69(41)50(80)40(29-84)68-44(74)34(55)16-9-19-60-53(56)57/h3-8,12-15,30,33-42,71-72,84H,9-11,16-29,55H2,1-2H3,(H,62,79)(H,63,73)(H,64,75)(H,65,77)(H,66,78)(H,67,76)(H,68,74)(H,82,83)(H4,56,57,60)(H4,58,59,61)/t33-,34-,35+,36+,37+,38-,39+,40+,41+,42+/m1/s1. The molecule has 2 aliphatic rings. The van der Waals surface area contributed by atoms with Gasteiger partial charge >= 0.3 is 5.97 Å². The monoisotopic (exact) mass is 1190 g/mol. The number of carboxylic acids is 1. The molecule has 0 aliphatic carbocycles. The van der Waals surface area contributed by atoms with E-state index in [1.807, 2.05) is 0 Å². The first-order chi connectivity index (χ1) is 39.9. The third-order valence-corrected chi connectivity index (χ3v) is 14.1. The summed E-state index contributed by atoms with van der Waals surface area (Å²) in [7, 11) is 0. The fourth-order valence-corrected chi connectivity index (χ4v) is 9.74. The van der Waals surface area contributed by atoms with Crippen LogP contribution in [0.5, 0.6) is 0 Å². The number of nitrogens with zero attached hydrogens (tertiary/aromatic N) is 4. The minimum atomic E-state index is -1.72. The Kier molecular flexibility index (Phi) is 28.1. The number of β-amino-alcohol motifs (C(OH)–C–C–N with tert-alkyl or cyclic N) is 1. The number of aliphatic imine (C=N–C) groups is 2. The Bertz CT molecular complexity index is 2630. The predicted octanol–water partition coefficient (Wildman–Crippen LogP) is -5.06. The second-order valence-corrected chi connectivity index (χ2v) is 21.3. The minimum absolute atomic E-state index is 0.0393. The number of rotatable bonds is 33. The molecule has 4 rings (SSSR count). The van der Waals surface area contributed by atoms with Crippen molar-refractivity contribution in [2.75, 3.05) is 45.1 Å². The van der Waals surface area contributed by atoms with E-state index in [-0.39, 0.29) is 101 Å². The van der Waals surface area contributed by atoms with Crippen molar-refractivity contribution in [3.63, 3.8) is 0 Å². The van der Waals surface area contributed by atoms with Crippen molar-refractivity contribution in [3.05, 3.63) is 71.8 Å². The van der Waals surface area contributed by atoms with Crippen molar-refractivity contribution in [1.29, 1.82) is 0 Å². The second-order valence-electron chi connectivity index (χ2n) is 20.9. The highest BCUT2D eigenvalue weighted by atomic mass is 32.1. The number of aliphatic carboxylic acids is 1. The van der Waals surface area contributed by atoms with Crippen molar-refractivity contribution >= 4 is 83.7 Å². The molecule has 462 valence electrons. The highest BCUT2D eigenvalue weighted by Gasteiger charge is 2.46. The Morgan fingerprint density at radius 1 is 0.655 bits per heavy atom.